The number of carbonyl (C=O) groups is 8. The maximum absolute atomic E-state index is 11.1. The molecule has 0 unspecified atom stereocenters. The van der Waals surface area contributed by atoms with Crippen molar-refractivity contribution >= 4 is 96.1 Å². The van der Waals surface area contributed by atoms with Crippen molar-refractivity contribution in [2.24, 2.45) is 20.4 Å². The van der Waals surface area contributed by atoms with Gasteiger partial charge in [0.05, 0.1) is 49.1 Å². The number of hydrogen-bond donors (Lipinski definition) is 4. The first kappa shape index (κ1) is 79.8. The zero-order chi connectivity index (χ0) is 68.9. The number of furan rings is 4. The number of amides is 12. The van der Waals surface area contributed by atoms with Crippen LogP contribution in [0, 0.1) is 40.5 Å². The quantitative estimate of drug-likeness (QED) is 0.0409. The van der Waals surface area contributed by atoms with Crippen molar-refractivity contribution < 1.29 is 97.6 Å². The summed E-state index contributed by atoms with van der Waals surface area (Å²) < 4.78 is 19.1. The van der Waals surface area contributed by atoms with Crippen LogP contribution >= 0.6 is 0 Å². The summed E-state index contributed by atoms with van der Waals surface area (Å²) >= 11 is 0. The minimum Gasteiger partial charge on any atom is -0.412 e. The topological polar surface area (TPSA) is 650 Å². The zero-order valence-corrected chi connectivity index (χ0v) is 51.1. The molecule has 0 spiro atoms. The largest absolute Gasteiger partial charge is 0.433 e. The highest BCUT2D eigenvalue weighted by Crippen LogP contribution is 2.18. The molecule has 0 bridgehead atoms. The molecule has 12 heterocycles. The van der Waals surface area contributed by atoms with Crippen LogP contribution in [0.3, 0.4) is 0 Å². The molecule has 0 atom stereocenters. The number of rotatable bonds is 18. The molecule has 44 nitrogen and oxygen atoms in total. The fourth-order valence-corrected chi connectivity index (χ4v) is 7.42. The van der Waals surface area contributed by atoms with Crippen LogP contribution in [0.15, 0.2) is 185 Å². The van der Waals surface area contributed by atoms with Crippen molar-refractivity contribution in [2.75, 3.05) is 26.2 Å². The normalized spacial score (nSPS) is 13.4. The molecule has 4 aliphatic rings. The Morgan fingerprint density at radius 1 is 0.330 bits per heavy atom. The van der Waals surface area contributed by atoms with Gasteiger partial charge in [-0.05, 0) is 121 Å². The van der Waals surface area contributed by atoms with Crippen LogP contribution in [0.5, 0.6) is 0 Å². The molecule has 0 aliphatic carbocycles. The minimum absolute atomic E-state index is 0. The molecule has 12 N–H and O–H groups in total. The van der Waals surface area contributed by atoms with Crippen molar-refractivity contribution in [1.29, 1.82) is 0 Å². The summed E-state index contributed by atoms with van der Waals surface area (Å²) in [5.74, 6) is -3.07. The molecule has 12 amide bonds. The number of nitro groups is 4. The van der Waals surface area contributed by atoms with Gasteiger partial charge in [0.25, 0.3) is 0 Å². The van der Waals surface area contributed by atoms with Crippen molar-refractivity contribution in [3.63, 3.8) is 0 Å². The van der Waals surface area contributed by atoms with Gasteiger partial charge in [-0.3, -0.25) is 101 Å². The molecule has 0 aromatic carbocycles. The van der Waals surface area contributed by atoms with E-state index in [4.69, 9.17) is 17.7 Å². The lowest BCUT2D eigenvalue weighted by atomic mass is 10.1. The van der Waals surface area contributed by atoms with Crippen LogP contribution in [0.25, 0.3) is 0 Å². The summed E-state index contributed by atoms with van der Waals surface area (Å²) in [6, 6.07) is 23.8. The first-order valence-corrected chi connectivity index (χ1v) is 27.3. The second kappa shape index (κ2) is 40.0. The van der Waals surface area contributed by atoms with E-state index in [-0.39, 0.29) is 71.1 Å². The number of carbonyl (C=O) groups excluding carboxylic acids is 8. The second-order valence-corrected chi connectivity index (χ2v) is 18.8. The van der Waals surface area contributed by atoms with E-state index < -0.39 is 91.0 Å². The van der Waals surface area contributed by atoms with E-state index in [1.807, 2.05) is 70.8 Å². The molecule has 8 aromatic heterocycles. The number of aryl methyl sites for hydroxylation is 4. The molecule has 524 valence electrons. The number of hydrazone groups is 4. The Morgan fingerprint density at radius 3 is 0.650 bits per heavy atom. The maximum Gasteiger partial charge on any atom is 0.433 e. The molecule has 4 fully saturated rings. The van der Waals surface area contributed by atoms with Gasteiger partial charge in [-0.15, -0.1) is 0 Å². The highest BCUT2D eigenvalue weighted by atomic mass is 16.7. The Morgan fingerprint density at radius 2 is 0.510 bits per heavy atom. The molecular formula is C56H56N20O24. The third-order valence-electron chi connectivity index (χ3n) is 12.0. The van der Waals surface area contributed by atoms with E-state index in [9.17, 15) is 78.8 Å². The summed E-state index contributed by atoms with van der Waals surface area (Å²) in [6.07, 6.45) is 23.4. The van der Waals surface area contributed by atoms with Crippen LogP contribution in [-0.2, 0) is 44.9 Å². The Hall–Kier alpha value is -14.4. The fraction of sp³-hybridized carbons (Fsp3) is 0.143. The van der Waals surface area contributed by atoms with Crippen LogP contribution in [0.4, 0.5) is 42.7 Å². The van der Waals surface area contributed by atoms with Gasteiger partial charge in [0.15, 0.2) is 23.0 Å². The molecule has 0 radical (unpaired) electrons. The predicted octanol–water partition coefficient (Wildman–Crippen LogP) is 1.52. The summed E-state index contributed by atoms with van der Waals surface area (Å²) in [5, 5.41) is 67.5. The second-order valence-electron chi connectivity index (χ2n) is 18.8. The number of nitrogens with one attached hydrogen (secondary N) is 4. The van der Waals surface area contributed by atoms with E-state index in [2.05, 4.69) is 88.9 Å². The third kappa shape index (κ3) is 26.2. The van der Waals surface area contributed by atoms with Gasteiger partial charge in [-0.2, -0.15) is 20.4 Å². The average molecular weight is 1390 g/mol. The average Bonchev–Trinajstić information content (AvgIpc) is 1.75. The van der Waals surface area contributed by atoms with Crippen molar-refractivity contribution in [3.05, 3.63) is 232 Å². The number of hydrogen-bond acceptors (Lipinski definition) is 28. The smallest absolute Gasteiger partial charge is 0.412 e. The lowest BCUT2D eigenvalue weighted by molar-refractivity contribution is -0.402. The van der Waals surface area contributed by atoms with E-state index >= 15 is 0 Å². The molecule has 8 aromatic rings. The highest BCUT2D eigenvalue weighted by Gasteiger charge is 2.29. The van der Waals surface area contributed by atoms with Gasteiger partial charge >= 0.3 is 47.7 Å². The van der Waals surface area contributed by atoms with Crippen LogP contribution in [0.2, 0.25) is 0 Å². The standard InChI is InChI=1S/2C12H12N2.4C8H6N4O5.4H2O/c2*1(11-3-7-13-8-4-11)2-12-5-9-14-10-6-12;4*13-6-4-11(8(14)10-6)9-3-5-1-2-7(17-5)12(15)16;;;;/h2*3-10H,1-2H2;4*1-3H,4H2,(H,10,13,14);4*1H2/b;;4*9-3+;;;;. The first-order chi connectivity index (χ1) is 46.1. The molecule has 0 saturated carbocycles. The molecule has 4 saturated heterocycles. The molecule has 100 heavy (non-hydrogen) atoms. The number of pyridine rings is 4. The van der Waals surface area contributed by atoms with Crippen molar-refractivity contribution in [2.45, 2.75) is 25.7 Å². The number of aromatic nitrogens is 4. The Kier molecular flexibility index (Phi) is 31.9. The van der Waals surface area contributed by atoms with E-state index in [0.29, 0.717) is 0 Å². The number of nitrogens with zero attached hydrogens (tertiary/aromatic N) is 16. The van der Waals surface area contributed by atoms with E-state index in [1.165, 1.54) is 46.5 Å². The summed E-state index contributed by atoms with van der Waals surface area (Å²) in [6.45, 7) is -0.730. The lowest BCUT2D eigenvalue weighted by Gasteiger charge is -2.02. The third-order valence-corrected chi connectivity index (χ3v) is 12.0. The molecular weight excluding hydrogens is 1340 g/mol. The van der Waals surface area contributed by atoms with Gasteiger partial charge in [0.1, 0.15) is 45.9 Å². The highest BCUT2D eigenvalue weighted by molar-refractivity contribution is 6.04. The van der Waals surface area contributed by atoms with Gasteiger partial charge < -0.3 is 39.6 Å². The lowest BCUT2D eigenvalue weighted by Crippen LogP contribution is -2.24. The minimum atomic E-state index is -0.691. The summed E-state index contributed by atoms with van der Waals surface area (Å²) in [5.41, 5.74) is 5.32. The van der Waals surface area contributed by atoms with Gasteiger partial charge in [-0.25, -0.2) is 39.2 Å². The molecule has 44 heteroatoms. The summed E-state index contributed by atoms with van der Waals surface area (Å²) in [7, 11) is 0. The molecule has 4 aliphatic heterocycles. The monoisotopic (exact) mass is 1390 g/mol. The van der Waals surface area contributed by atoms with Crippen LogP contribution in [-0.4, -0.2) is 180 Å². The van der Waals surface area contributed by atoms with Gasteiger partial charge in [0, 0.05) is 49.6 Å². The maximum atomic E-state index is 11.1. The van der Waals surface area contributed by atoms with Gasteiger partial charge in [-0.1, -0.05) is 0 Å². The Labute approximate surface area is 558 Å². The molecule has 12 rings (SSSR count). The fourth-order valence-electron chi connectivity index (χ4n) is 7.42. The van der Waals surface area contributed by atoms with Crippen LogP contribution in [0.1, 0.15) is 45.3 Å². The predicted molar refractivity (Wildman–Crippen MR) is 339 cm³/mol. The van der Waals surface area contributed by atoms with Crippen molar-refractivity contribution in [3.8, 4) is 0 Å². The van der Waals surface area contributed by atoms with Crippen molar-refractivity contribution in [1.82, 2.24) is 61.2 Å². The number of imide groups is 4. The summed E-state index contributed by atoms with van der Waals surface area (Å²) in [4.78, 5) is 142. The zero-order valence-electron chi connectivity index (χ0n) is 51.1. The van der Waals surface area contributed by atoms with E-state index in [1.54, 1.807) is 0 Å². The first-order valence-electron chi connectivity index (χ1n) is 27.3. The Bertz CT molecular complexity index is 3690. The van der Waals surface area contributed by atoms with E-state index in [0.717, 1.165) is 94.8 Å². The Balaban J connectivity index is 0.000000310. The van der Waals surface area contributed by atoms with Gasteiger partial charge in [0.2, 0.25) is 23.6 Å². The SMILES string of the molecule is O.O.O.O.O=C1CN(/N=C/c2ccc([N+](=O)[O-])o2)C(=O)N1.O=C1CN(/N=C/c2ccc([N+](=O)[O-])o2)C(=O)N1.O=C1CN(/N=C/c2ccc([N+](=O)[O-])o2)C(=O)N1.O=C1CN(/N=C/c2ccc([N+](=O)[O-])o2)C(=O)N1.c1cc(CCc2ccncc2)ccn1.c1cc(CCc2ccncc2)ccn1. The van der Waals surface area contributed by atoms with Crippen LogP contribution < -0.4 is 21.3 Å². The number of urea groups is 4.